The van der Waals surface area contributed by atoms with E-state index in [0.29, 0.717) is 5.92 Å². The van der Waals surface area contributed by atoms with E-state index in [1.807, 2.05) is 12.1 Å². The van der Waals surface area contributed by atoms with E-state index in [1.54, 1.807) is 0 Å². The van der Waals surface area contributed by atoms with E-state index in [-0.39, 0.29) is 0 Å². The standard InChI is InChI=1S/C15H18/c1-4-13(3)11-12-14(5-2)15-9-7-6-8-10-15/h4-13H,1H2,2-3H3/b12-11-,14-5+. The first-order valence-electron chi connectivity index (χ1n) is 5.30. The molecule has 0 aliphatic heterocycles. The molecule has 0 aliphatic carbocycles. The summed E-state index contributed by atoms with van der Waals surface area (Å²) >= 11 is 0. The summed E-state index contributed by atoms with van der Waals surface area (Å²) in [5.41, 5.74) is 2.51. The Morgan fingerprint density at radius 2 is 1.93 bits per heavy atom. The molecule has 1 atom stereocenters. The minimum Gasteiger partial charge on any atom is -0.102 e. The van der Waals surface area contributed by atoms with Gasteiger partial charge in [-0.2, -0.15) is 0 Å². The Bertz CT molecular complexity index is 355. The van der Waals surface area contributed by atoms with Crippen LogP contribution in [0.15, 0.2) is 61.2 Å². The highest BCUT2D eigenvalue weighted by molar-refractivity contribution is 5.73. The number of allylic oxidation sites excluding steroid dienone is 5. The molecule has 0 amide bonds. The normalized spacial score (nSPS) is 14.1. The molecule has 0 bridgehead atoms. The summed E-state index contributed by atoms with van der Waals surface area (Å²) in [7, 11) is 0. The van der Waals surface area contributed by atoms with Crippen molar-refractivity contribution in [1.29, 1.82) is 0 Å². The van der Waals surface area contributed by atoms with Crippen molar-refractivity contribution in [3.8, 4) is 0 Å². The van der Waals surface area contributed by atoms with Gasteiger partial charge in [-0.15, -0.1) is 6.58 Å². The van der Waals surface area contributed by atoms with Crippen molar-refractivity contribution >= 4 is 5.57 Å². The van der Waals surface area contributed by atoms with Crippen molar-refractivity contribution in [1.82, 2.24) is 0 Å². The van der Waals surface area contributed by atoms with Gasteiger partial charge >= 0.3 is 0 Å². The molecule has 1 aromatic rings. The smallest absolute Gasteiger partial charge is 0.00812 e. The van der Waals surface area contributed by atoms with E-state index in [2.05, 4.69) is 62.9 Å². The molecule has 0 nitrogen and oxygen atoms in total. The Morgan fingerprint density at radius 1 is 1.27 bits per heavy atom. The van der Waals surface area contributed by atoms with Crippen LogP contribution in [0.2, 0.25) is 0 Å². The molecule has 0 aromatic heterocycles. The molecule has 15 heavy (non-hydrogen) atoms. The maximum absolute atomic E-state index is 3.77. The molecule has 1 aromatic carbocycles. The van der Waals surface area contributed by atoms with E-state index in [9.17, 15) is 0 Å². The fourth-order valence-corrected chi connectivity index (χ4v) is 1.32. The second kappa shape index (κ2) is 6.02. The quantitative estimate of drug-likeness (QED) is 0.494. The molecule has 0 fully saturated rings. The molecule has 0 saturated carbocycles. The zero-order chi connectivity index (χ0) is 11.1. The van der Waals surface area contributed by atoms with Crippen LogP contribution in [-0.2, 0) is 0 Å². The summed E-state index contributed by atoms with van der Waals surface area (Å²) < 4.78 is 0. The van der Waals surface area contributed by atoms with Crippen LogP contribution in [-0.4, -0.2) is 0 Å². The Balaban J connectivity index is 2.83. The lowest BCUT2D eigenvalue weighted by Gasteiger charge is -2.02. The van der Waals surface area contributed by atoms with Gasteiger partial charge in [0.05, 0.1) is 0 Å². The van der Waals surface area contributed by atoms with Crippen LogP contribution in [0.3, 0.4) is 0 Å². The third-order valence-corrected chi connectivity index (χ3v) is 2.37. The topological polar surface area (TPSA) is 0 Å². The summed E-state index contributed by atoms with van der Waals surface area (Å²) in [6.45, 7) is 7.95. The summed E-state index contributed by atoms with van der Waals surface area (Å²) in [6.07, 6.45) is 8.38. The molecule has 0 saturated heterocycles. The van der Waals surface area contributed by atoms with Crippen LogP contribution in [0.1, 0.15) is 19.4 Å². The van der Waals surface area contributed by atoms with Crippen molar-refractivity contribution < 1.29 is 0 Å². The van der Waals surface area contributed by atoms with E-state index >= 15 is 0 Å². The Hall–Kier alpha value is -1.56. The van der Waals surface area contributed by atoms with Crippen LogP contribution in [0.5, 0.6) is 0 Å². The first-order chi connectivity index (χ1) is 7.27. The lowest BCUT2D eigenvalue weighted by atomic mass is 10.0. The molecule has 78 valence electrons. The maximum atomic E-state index is 3.77. The molecule has 1 rings (SSSR count). The number of hydrogen-bond acceptors (Lipinski definition) is 0. The second-order valence-electron chi connectivity index (χ2n) is 3.56. The van der Waals surface area contributed by atoms with E-state index < -0.39 is 0 Å². The molecular weight excluding hydrogens is 180 g/mol. The number of rotatable bonds is 4. The summed E-state index contributed by atoms with van der Waals surface area (Å²) in [5.74, 6) is 0.420. The average molecular weight is 198 g/mol. The van der Waals surface area contributed by atoms with Gasteiger partial charge in [0.15, 0.2) is 0 Å². The minimum absolute atomic E-state index is 0.420. The molecular formula is C15H18. The lowest BCUT2D eigenvalue weighted by molar-refractivity contribution is 0.944. The van der Waals surface area contributed by atoms with Crippen molar-refractivity contribution in [2.24, 2.45) is 5.92 Å². The monoisotopic (exact) mass is 198 g/mol. The fraction of sp³-hybridized carbons (Fsp3) is 0.200. The third kappa shape index (κ3) is 3.59. The molecule has 0 spiro atoms. The maximum Gasteiger partial charge on any atom is -0.00812 e. The van der Waals surface area contributed by atoms with Gasteiger partial charge < -0.3 is 0 Å². The molecule has 0 heterocycles. The van der Waals surface area contributed by atoms with Gasteiger partial charge in [0, 0.05) is 0 Å². The largest absolute Gasteiger partial charge is 0.102 e. The van der Waals surface area contributed by atoms with Crippen LogP contribution in [0.25, 0.3) is 5.57 Å². The molecule has 0 radical (unpaired) electrons. The van der Waals surface area contributed by atoms with E-state index in [0.717, 1.165) is 0 Å². The molecule has 0 heteroatoms. The van der Waals surface area contributed by atoms with Gasteiger partial charge in [-0.3, -0.25) is 0 Å². The number of benzene rings is 1. The van der Waals surface area contributed by atoms with Gasteiger partial charge in [0.2, 0.25) is 0 Å². The highest BCUT2D eigenvalue weighted by atomic mass is 14.0. The zero-order valence-electron chi connectivity index (χ0n) is 9.48. The van der Waals surface area contributed by atoms with E-state index in [4.69, 9.17) is 0 Å². The van der Waals surface area contributed by atoms with Gasteiger partial charge in [-0.1, -0.05) is 61.6 Å². The van der Waals surface area contributed by atoms with Crippen molar-refractivity contribution in [3.05, 3.63) is 66.8 Å². The lowest BCUT2D eigenvalue weighted by Crippen LogP contribution is -1.83. The van der Waals surface area contributed by atoms with Crippen LogP contribution in [0.4, 0.5) is 0 Å². The predicted octanol–water partition coefficient (Wildman–Crippen LogP) is 4.47. The van der Waals surface area contributed by atoms with Gasteiger partial charge in [-0.25, -0.2) is 0 Å². The Labute approximate surface area is 92.6 Å². The first kappa shape index (κ1) is 11.5. The fourth-order valence-electron chi connectivity index (χ4n) is 1.32. The Morgan fingerprint density at radius 3 is 2.47 bits per heavy atom. The predicted molar refractivity (Wildman–Crippen MR) is 68.6 cm³/mol. The summed E-state index contributed by atoms with van der Waals surface area (Å²) in [6, 6.07) is 10.4. The average Bonchev–Trinajstić information content (AvgIpc) is 2.31. The summed E-state index contributed by atoms with van der Waals surface area (Å²) in [5, 5.41) is 0. The third-order valence-electron chi connectivity index (χ3n) is 2.37. The Kier molecular flexibility index (Phi) is 4.62. The van der Waals surface area contributed by atoms with Gasteiger partial charge in [0.25, 0.3) is 0 Å². The van der Waals surface area contributed by atoms with E-state index in [1.165, 1.54) is 11.1 Å². The highest BCUT2D eigenvalue weighted by Crippen LogP contribution is 2.16. The van der Waals surface area contributed by atoms with Crippen LogP contribution in [0, 0.1) is 5.92 Å². The zero-order valence-corrected chi connectivity index (χ0v) is 9.48. The molecule has 1 unspecified atom stereocenters. The van der Waals surface area contributed by atoms with Crippen LogP contribution < -0.4 is 0 Å². The van der Waals surface area contributed by atoms with Gasteiger partial charge in [0.1, 0.15) is 0 Å². The van der Waals surface area contributed by atoms with Gasteiger partial charge in [-0.05, 0) is 24.0 Å². The van der Waals surface area contributed by atoms with Crippen molar-refractivity contribution in [2.75, 3.05) is 0 Å². The molecule has 0 N–H and O–H groups in total. The van der Waals surface area contributed by atoms with Crippen molar-refractivity contribution in [3.63, 3.8) is 0 Å². The summed E-state index contributed by atoms with van der Waals surface area (Å²) in [4.78, 5) is 0. The SMILES string of the molecule is C=CC(C)/C=C\C(=C/C)c1ccccc1. The number of hydrogen-bond donors (Lipinski definition) is 0. The highest BCUT2D eigenvalue weighted by Gasteiger charge is 1.95. The van der Waals surface area contributed by atoms with Crippen LogP contribution >= 0.6 is 0 Å². The minimum atomic E-state index is 0.420. The second-order valence-corrected chi connectivity index (χ2v) is 3.56. The van der Waals surface area contributed by atoms with Crippen molar-refractivity contribution in [2.45, 2.75) is 13.8 Å². The molecule has 0 aliphatic rings. The first-order valence-corrected chi connectivity index (χ1v) is 5.30.